The van der Waals surface area contributed by atoms with Crippen LogP contribution in [0.2, 0.25) is 0 Å². The van der Waals surface area contributed by atoms with E-state index in [0.29, 0.717) is 0 Å². The topological polar surface area (TPSA) is 19.1 Å². The van der Waals surface area contributed by atoms with E-state index in [1.165, 1.54) is 61.8 Å². The van der Waals surface area contributed by atoms with Gasteiger partial charge in [-0.15, -0.1) is 0 Å². The summed E-state index contributed by atoms with van der Waals surface area (Å²) in [6.45, 7) is 4.83. The number of nitrogens with zero attached hydrogens (tertiary/aromatic N) is 3. The first kappa shape index (κ1) is 9.78. The van der Waals surface area contributed by atoms with Crippen molar-refractivity contribution < 1.29 is 0 Å². The van der Waals surface area contributed by atoms with E-state index in [4.69, 9.17) is 4.98 Å². The summed E-state index contributed by atoms with van der Waals surface area (Å²) >= 11 is 0. The fourth-order valence-corrected chi connectivity index (χ4v) is 4.59. The van der Waals surface area contributed by atoms with Crippen molar-refractivity contribution in [2.45, 2.75) is 25.7 Å². The Morgan fingerprint density at radius 3 is 2.47 bits per heavy atom. The predicted molar refractivity (Wildman–Crippen MR) is 65.7 cm³/mol. The van der Waals surface area contributed by atoms with Crippen molar-refractivity contribution >= 4 is 25.8 Å². The lowest BCUT2D eigenvalue weighted by molar-refractivity contribution is 0.688. The summed E-state index contributed by atoms with van der Waals surface area (Å²) < 4.78 is 2.43. The molecule has 2 aliphatic rings. The van der Waals surface area contributed by atoms with Crippen molar-refractivity contribution in [3.05, 3.63) is 4.80 Å². The molecule has 15 heavy (non-hydrogen) atoms. The molecule has 2 fully saturated rings. The lowest BCUT2D eigenvalue weighted by Gasteiger charge is -2.07. The Morgan fingerprint density at radius 1 is 1.00 bits per heavy atom. The van der Waals surface area contributed by atoms with Crippen molar-refractivity contribution in [2.75, 3.05) is 31.1 Å². The van der Waals surface area contributed by atoms with Crippen LogP contribution in [0.3, 0.4) is 0 Å². The van der Waals surface area contributed by atoms with Crippen LogP contribution in [0.25, 0.3) is 0 Å². The molecule has 2 aliphatic heterocycles. The second kappa shape index (κ2) is 4.22. The quantitative estimate of drug-likeness (QED) is 0.547. The number of hydrogen-bond acceptors (Lipinski definition) is 4. The molecule has 0 aliphatic carbocycles. The van der Waals surface area contributed by atoms with Gasteiger partial charge in [0, 0.05) is 28.4 Å². The Balaban J connectivity index is 1.89. The Labute approximate surface area is 97.1 Å². The Morgan fingerprint density at radius 2 is 1.73 bits per heavy atom. The molecular weight excluding hydrogens is 226 g/mol. The summed E-state index contributed by atoms with van der Waals surface area (Å²) in [6, 6.07) is 0. The highest BCUT2D eigenvalue weighted by atomic mass is 32.9. The fourth-order valence-electron chi connectivity index (χ4n) is 2.26. The maximum Gasteiger partial charge on any atom is 0.390 e. The van der Waals surface area contributed by atoms with Gasteiger partial charge in [-0.25, -0.2) is 4.58 Å². The molecule has 1 aromatic heterocycles. The molecule has 0 radical (unpaired) electrons. The van der Waals surface area contributed by atoms with Gasteiger partial charge in [0.1, 0.15) is 0 Å². The highest BCUT2D eigenvalue weighted by molar-refractivity contribution is 7.69. The van der Waals surface area contributed by atoms with Crippen LogP contribution < -0.4 is 14.3 Å². The normalized spacial score (nSPS) is 21.6. The highest BCUT2D eigenvalue weighted by Gasteiger charge is 2.21. The molecule has 82 valence electrons. The first-order valence-corrected chi connectivity index (χ1v) is 7.88. The molecule has 0 unspecified atom stereocenters. The second-order valence-corrected chi connectivity index (χ2v) is 6.30. The largest absolute Gasteiger partial charge is 0.390 e. The van der Waals surface area contributed by atoms with Crippen molar-refractivity contribution in [3.8, 4) is 0 Å². The lowest BCUT2D eigenvalue weighted by Crippen LogP contribution is -2.27. The molecule has 0 N–H and O–H groups in total. The summed E-state index contributed by atoms with van der Waals surface area (Å²) in [6.07, 6.45) is 5.35. The van der Waals surface area contributed by atoms with Crippen LogP contribution in [0, 0.1) is 0 Å². The van der Waals surface area contributed by atoms with E-state index < -0.39 is 0 Å². The Kier molecular flexibility index (Phi) is 2.75. The van der Waals surface area contributed by atoms with E-state index in [1.807, 2.05) is 20.7 Å². The van der Waals surface area contributed by atoms with E-state index in [0.717, 1.165) is 0 Å². The lowest BCUT2D eigenvalue weighted by atomic mass is 10.4. The van der Waals surface area contributed by atoms with Crippen LogP contribution in [0.4, 0.5) is 5.13 Å². The first-order valence-electron chi connectivity index (χ1n) is 5.73. The smallest absolute Gasteiger partial charge is 0.326 e. The molecule has 5 heteroatoms. The highest BCUT2D eigenvalue weighted by Crippen LogP contribution is 2.22. The van der Waals surface area contributed by atoms with Crippen molar-refractivity contribution in [2.24, 2.45) is 0 Å². The zero-order valence-corrected chi connectivity index (χ0v) is 10.4. The van der Waals surface area contributed by atoms with Crippen molar-refractivity contribution in [1.29, 1.82) is 0 Å². The van der Waals surface area contributed by atoms with Crippen molar-refractivity contribution in [3.63, 3.8) is 0 Å². The minimum Gasteiger partial charge on any atom is -0.326 e. The third-order valence-electron chi connectivity index (χ3n) is 3.14. The molecule has 3 nitrogen and oxygen atoms in total. The Hall–Kier alpha value is -0.420. The van der Waals surface area contributed by atoms with Gasteiger partial charge in [0.05, 0.1) is 13.1 Å². The third kappa shape index (κ3) is 1.95. The molecule has 0 spiro atoms. The van der Waals surface area contributed by atoms with E-state index in [-0.39, 0.29) is 0 Å². The molecule has 0 saturated carbocycles. The van der Waals surface area contributed by atoms with Gasteiger partial charge in [-0.1, -0.05) is 0 Å². The third-order valence-corrected chi connectivity index (χ3v) is 5.36. The summed E-state index contributed by atoms with van der Waals surface area (Å²) in [7, 11) is 3.70. The van der Waals surface area contributed by atoms with Gasteiger partial charge in [0.15, 0.2) is 0 Å². The van der Waals surface area contributed by atoms with E-state index >= 15 is 0 Å². The molecule has 0 aromatic carbocycles. The first-order chi connectivity index (χ1) is 7.43. The van der Waals surface area contributed by atoms with E-state index in [1.54, 1.807) is 0 Å². The van der Waals surface area contributed by atoms with Crippen LogP contribution >= 0.6 is 20.7 Å². The second-order valence-electron chi connectivity index (χ2n) is 4.23. The number of hydrogen-bond donors (Lipinski definition) is 0. The van der Waals surface area contributed by atoms with E-state index in [9.17, 15) is 0 Å². The Bertz CT molecular complexity index is 393. The van der Waals surface area contributed by atoms with Gasteiger partial charge in [0.2, 0.25) is 0 Å². The fraction of sp³-hybridized carbons (Fsp3) is 0.800. The van der Waals surface area contributed by atoms with Gasteiger partial charge < -0.3 is 4.90 Å². The molecular formula is C10H16N3S2+. The number of anilines is 1. The SMILES string of the molecule is C1CCN(c2nc(=[N+]3CCCC3)ss2)C1. The molecule has 2 saturated heterocycles. The maximum atomic E-state index is 4.76. The molecule has 3 rings (SSSR count). The van der Waals surface area contributed by atoms with Crippen LogP contribution in [-0.2, 0) is 0 Å². The number of rotatable bonds is 1. The standard InChI is InChI=1S/C10H16N3S2/c1-2-6-12(5-1)9-11-10(15-14-9)13-7-3-4-8-13/h1-8H2/q+1. The van der Waals surface area contributed by atoms with Gasteiger partial charge >= 0.3 is 9.93 Å². The van der Waals surface area contributed by atoms with Crippen LogP contribution in [0.1, 0.15) is 25.7 Å². The predicted octanol–water partition coefficient (Wildman–Crippen LogP) is 1.37. The minimum absolute atomic E-state index is 1.21. The van der Waals surface area contributed by atoms with Gasteiger partial charge in [-0.2, -0.15) is 0 Å². The molecule has 0 amide bonds. The van der Waals surface area contributed by atoms with Gasteiger partial charge in [-0.3, -0.25) is 0 Å². The summed E-state index contributed by atoms with van der Waals surface area (Å²) in [4.78, 5) is 8.44. The van der Waals surface area contributed by atoms with Gasteiger partial charge in [-0.05, 0) is 36.0 Å². The summed E-state index contributed by atoms with van der Waals surface area (Å²) in [5.74, 6) is 0. The molecule has 3 heterocycles. The van der Waals surface area contributed by atoms with Crippen LogP contribution in [-0.4, -0.2) is 31.2 Å². The summed E-state index contributed by atoms with van der Waals surface area (Å²) in [5.41, 5.74) is 0. The minimum atomic E-state index is 1.21. The maximum absolute atomic E-state index is 4.76. The average molecular weight is 242 g/mol. The summed E-state index contributed by atoms with van der Waals surface area (Å²) in [5, 5.41) is 1.25. The number of aromatic nitrogens is 1. The van der Waals surface area contributed by atoms with Crippen LogP contribution in [0.15, 0.2) is 0 Å². The molecule has 1 aromatic rings. The van der Waals surface area contributed by atoms with Crippen molar-refractivity contribution in [1.82, 2.24) is 9.56 Å². The van der Waals surface area contributed by atoms with E-state index in [2.05, 4.69) is 9.48 Å². The molecule has 0 atom stereocenters. The van der Waals surface area contributed by atoms with Gasteiger partial charge in [0.25, 0.3) is 0 Å². The monoisotopic (exact) mass is 242 g/mol. The molecule has 0 bridgehead atoms. The zero-order valence-electron chi connectivity index (χ0n) is 8.81. The zero-order chi connectivity index (χ0) is 10.1. The van der Waals surface area contributed by atoms with Crippen LogP contribution in [0.5, 0.6) is 0 Å². The average Bonchev–Trinajstić information content (AvgIpc) is 3.02.